The van der Waals surface area contributed by atoms with E-state index in [-0.39, 0.29) is 5.91 Å². The number of aromatic nitrogens is 2. The van der Waals surface area contributed by atoms with E-state index in [0.29, 0.717) is 5.69 Å². The van der Waals surface area contributed by atoms with Crippen LogP contribution in [-0.2, 0) is 6.54 Å². The van der Waals surface area contributed by atoms with E-state index in [9.17, 15) is 4.79 Å². The van der Waals surface area contributed by atoms with E-state index in [1.165, 1.54) is 10.5 Å². The third-order valence-electron chi connectivity index (χ3n) is 4.78. The van der Waals surface area contributed by atoms with Gasteiger partial charge in [-0.25, -0.2) is 4.98 Å². The van der Waals surface area contributed by atoms with Gasteiger partial charge in [0.25, 0.3) is 5.91 Å². The molecule has 1 fully saturated rings. The minimum Gasteiger partial charge on any atom is -0.328 e. The third-order valence-corrected chi connectivity index (χ3v) is 4.78. The van der Waals surface area contributed by atoms with Gasteiger partial charge in [0.2, 0.25) is 0 Å². The maximum atomic E-state index is 12.8. The topological polar surface area (TPSA) is 50.5 Å². The van der Waals surface area contributed by atoms with Crippen molar-refractivity contribution in [3.8, 4) is 0 Å². The molecule has 0 bridgehead atoms. The van der Waals surface area contributed by atoms with Gasteiger partial charge in [0, 0.05) is 23.3 Å². The fraction of sp³-hybridized carbons (Fsp3) is 0.250. The largest absolute Gasteiger partial charge is 0.328 e. The standard InChI is InChI=1S/C20H20N4O/c25-20(19-6-5-17-3-1-2-4-18(17)22-19)24-13-11-23(12-14-24)15-16-7-9-21-10-8-16/h1-10H,11-15H2/p+1. The van der Waals surface area contributed by atoms with Crippen LogP contribution in [0.5, 0.6) is 0 Å². The molecule has 126 valence electrons. The number of quaternary nitrogens is 1. The normalized spacial score (nSPS) is 15.4. The monoisotopic (exact) mass is 333 g/mol. The number of amides is 1. The van der Waals surface area contributed by atoms with Crippen molar-refractivity contribution in [3.05, 3.63) is 72.2 Å². The summed E-state index contributed by atoms with van der Waals surface area (Å²) in [6.45, 7) is 4.45. The third kappa shape index (κ3) is 3.51. The number of hydrogen-bond acceptors (Lipinski definition) is 3. The summed E-state index contributed by atoms with van der Waals surface area (Å²) in [7, 11) is 0. The van der Waals surface area contributed by atoms with Crippen LogP contribution in [0.15, 0.2) is 60.9 Å². The first-order valence-electron chi connectivity index (χ1n) is 8.67. The summed E-state index contributed by atoms with van der Waals surface area (Å²) in [5, 5.41) is 1.06. The van der Waals surface area contributed by atoms with Crippen molar-refractivity contribution in [3.63, 3.8) is 0 Å². The summed E-state index contributed by atoms with van der Waals surface area (Å²) in [4.78, 5) is 24.8. The molecule has 4 rings (SSSR count). The fourth-order valence-electron chi connectivity index (χ4n) is 3.34. The molecule has 1 aliphatic rings. The van der Waals surface area contributed by atoms with Crippen LogP contribution in [0.2, 0.25) is 0 Å². The fourth-order valence-corrected chi connectivity index (χ4v) is 3.34. The predicted octanol–water partition coefficient (Wildman–Crippen LogP) is 1.17. The number of pyridine rings is 2. The molecular weight excluding hydrogens is 312 g/mol. The Hall–Kier alpha value is -2.79. The molecule has 1 amide bonds. The number of nitrogens with one attached hydrogen (secondary N) is 1. The van der Waals surface area contributed by atoms with Crippen molar-refractivity contribution >= 4 is 16.8 Å². The van der Waals surface area contributed by atoms with E-state index >= 15 is 0 Å². The van der Waals surface area contributed by atoms with Gasteiger partial charge in [0.05, 0.1) is 31.7 Å². The number of fused-ring (bicyclic) bond motifs is 1. The van der Waals surface area contributed by atoms with Crippen molar-refractivity contribution in [2.45, 2.75) is 6.54 Å². The maximum Gasteiger partial charge on any atom is 0.272 e. The molecule has 0 radical (unpaired) electrons. The Morgan fingerprint density at radius 1 is 1.00 bits per heavy atom. The van der Waals surface area contributed by atoms with E-state index in [1.807, 2.05) is 53.7 Å². The molecule has 2 aromatic heterocycles. The highest BCUT2D eigenvalue weighted by Crippen LogP contribution is 2.13. The zero-order valence-electron chi connectivity index (χ0n) is 14.1. The highest BCUT2D eigenvalue weighted by Gasteiger charge is 2.25. The van der Waals surface area contributed by atoms with Gasteiger partial charge in [-0.3, -0.25) is 9.78 Å². The zero-order valence-corrected chi connectivity index (χ0v) is 14.1. The second kappa shape index (κ2) is 6.99. The molecule has 3 heterocycles. The molecule has 1 aromatic carbocycles. The van der Waals surface area contributed by atoms with Crippen LogP contribution in [0.25, 0.3) is 10.9 Å². The second-order valence-electron chi connectivity index (χ2n) is 6.46. The molecule has 0 aliphatic carbocycles. The average Bonchev–Trinajstić information content (AvgIpc) is 2.68. The Morgan fingerprint density at radius 2 is 1.76 bits per heavy atom. The van der Waals surface area contributed by atoms with Gasteiger partial charge in [-0.1, -0.05) is 24.3 Å². The summed E-state index contributed by atoms with van der Waals surface area (Å²) in [6, 6.07) is 15.8. The van der Waals surface area contributed by atoms with Crippen molar-refractivity contribution < 1.29 is 9.69 Å². The van der Waals surface area contributed by atoms with E-state index in [1.54, 1.807) is 0 Å². The molecule has 5 heteroatoms. The van der Waals surface area contributed by atoms with Crippen LogP contribution in [0, 0.1) is 0 Å². The Balaban J connectivity index is 1.40. The lowest BCUT2D eigenvalue weighted by atomic mass is 10.2. The average molecular weight is 333 g/mol. The van der Waals surface area contributed by atoms with E-state index < -0.39 is 0 Å². The van der Waals surface area contributed by atoms with Gasteiger partial charge in [0.1, 0.15) is 12.2 Å². The number of para-hydroxylation sites is 1. The molecule has 1 saturated heterocycles. The van der Waals surface area contributed by atoms with Crippen LogP contribution in [0.4, 0.5) is 0 Å². The van der Waals surface area contributed by atoms with Gasteiger partial charge in [-0.2, -0.15) is 0 Å². The van der Waals surface area contributed by atoms with Gasteiger partial charge < -0.3 is 9.80 Å². The molecule has 1 N–H and O–H groups in total. The zero-order chi connectivity index (χ0) is 17.1. The second-order valence-corrected chi connectivity index (χ2v) is 6.46. The summed E-state index contributed by atoms with van der Waals surface area (Å²) < 4.78 is 0. The van der Waals surface area contributed by atoms with Crippen LogP contribution in [0.1, 0.15) is 16.1 Å². The summed E-state index contributed by atoms with van der Waals surface area (Å²) >= 11 is 0. The lowest BCUT2D eigenvalue weighted by Crippen LogP contribution is -3.13. The summed E-state index contributed by atoms with van der Waals surface area (Å²) in [5.41, 5.74) is 2.70. The van der Waals surface area contributed by atoms with E-state index in [0.717, 1.165) is 43.6 Å². The molecule has 0 saturated carbocycles. The predicted molar refractivity (Wildman–Crippen MR) is 96.3 cm³/mol. The first-order chi connectivity index (χ1) is 12.3. The van der Waals surface area contributed by atoms with Crippen LogP contribution < -0.4 is 4.90 Å². The Kier molecular flexibility index (Phi) is 4.39. The molecule has 0 spiro atoms. The smallest absolute Gasteiger partial charge is 0.272 e. The summed E-state index contributed by atoms with van der Waals surface area (Å²) in [5.74, 6) is 0.0358. The van der Waals surface area contributed by atoms with Crippen molar-refractivity contribution in [1.82, 2.24) is 14.9 Å². The number of carbonyl (C=O) groups is 1. The number of carbonyl (C=O) groups excluding carboxylic acids is 1. The highest BCUT2D eigenvalue weighted by atomic mass is 16.2. The molecule has 25 heavy (non-hydrogen) atoms. The van der Waals surface area contributed by atoms with Crippen molar-refractivity contribution in [2.24, 2.45) is 0 Å². The highest BCUT2D eigenvalue weighted by molar-refractivity contribution is 5.94. The number of hydrogen-bond donors (Lipinski definition) is 1. The minimum atomic E-state index is 0.0358. The molecule has 0 unspecified atom stereocenters. The SMILES string of the molecule is O=C(c1ccc2ccccc2n1)N1CC[NH+](Cc2ccncc2)CC1. The van der Waals surface area contributed by atoms with Gasteiger partial charge in [-0.15, -0.1) is 0 Å². The molecule has 3 aromatic rings. The molecule has 1 aliphatic heterocycles. The maximum absolute atomic E-state index is 12.8. The van der Waals surface area contributed by atoms with Gasteiger partial charge in [0.15, 0.2) is 0 Å². The number of nitrogens with zero attached hydrogens (tertiary/aromatic N) is 3. The van der Waals surface area contributed by atoms with E-state index in [2.05, 4.69) is 22.1 Å². The Morgan fingerprint density at radius 3 is 2.56 bits per heavy atom. The van der Waals surface area contributed by atoms with Gasteiger partial charge >= 0.3 is 0 Å². The molecule has 0 atom stereocenters. The van der Waals surface area contributed by atoms with Crippen LogP contribution >= 0.6 is 0 Å². The molecule has 5 nitrogen and oxygen atoms in total. The molecular formula is C20H21N4O+. The van der Waals surface area contributed by atoms with E-state index in [4.69, 9.17) is 0 Å². The summed E-state index contributed by atoms with van der Waals surface area (Å²) in [6.07, 6.45) is 3.67. The lowest BCUT2D eigenvalue weighted by molar-refractivity contribution is -0.917. The number of benzene rings is 1. The first kappa shape index (κ1) is 15.7. The van der Waals surface area contributed by atoms with Crippen molar-refractivity contribution in [2.75, 3.05) is 26.2 Å². The van der Waals surface area contributed by atoms with Crippen molar-refractivity contribution in [1.29, 1.82) is 0 Å². The Labute approximate surface area is 146 Å². The van der Waals surface area contributed by atoms with Crippen LogP contribution in [-0.4, -0.2) is 47.0 Å². The number of piperazine rings is 1. The Bertz CT molecular complexity index is 873. The van der Waals surface area contributed by atoms with Gasteiger partial charge in [-0.05, 0) is 24.3 Å². The lowest BCUT2D eigenvalue weighted by Gasteiger charge is -2.32. The minimum absolute atomic E-state index is 0.0358. The first-order valence-corrected chi connectivity index (χ1v) is 8.67. The quantitative estimate of drug-likeness (QED) is 0.783. The van der Waals surface area contributed by atoms with Crippen LogP contribution in [0.3, 0.4) is 0 Å². The number of rotatable bonds is 3.